The van der Waals surface area contributed by atoms with Crippen molar-refractivity contribution in [1.29, 1.82) is 0 Å². The van der Waals surface area contributed by atoms with Gasteiger partial charge in [-0.15, -0.1) is 0 Å². The van der Waals surface area contributed by atoms with Gasteiger partial charge in [-0.25, -0.2) is 0 Å². The second-order valence-electron chi connectivity index (χ2n) is 8.40. The van der Waals surface area contributed by atoms with Gasteiger partial charge in [0.25, 0.3) is 0 Å². The lowest BCUT2D eigenvalue weighted by atomic mass is 9.80. The normalized spacial score (nSPS) is 13.6. The summed E-state index contributed by atoms with van der Waals surface area (Å²) < 4.78 is 0. The molecule has 0 N–H and O–H groups in total. The molecule has 3 nitrogen and oxygen atoms in total. The lowest BCUT2D eigenvalue weighted by Crippen LogP contribution is -2.45. The molecule has 1 unspecified atom stereocenters. The predicted octanol–water partition coefficient (Wildman–Crippen LogP) is 4.81. The second-order valence-corrected chi connectivity index (χ2v) is 8.40. The highest BCUT2D eigenvalue weighted by atomic mass is 16.2. The Morgan fingerprint density at radius 2 is 1.27 bits per heavy atom. The molecule has 138 valence electrons. The molecular weight excluding hydrogens is 320 g/mol. The van der Waals surface area contributed by atoms with Crippen molar-refractivity contribution in [2.75, 3.05) is 14.1 Å². The number of hydrogen-bond donors (Lipinski definition) is 0. The summed E-state index contributed by atoms with van der Waals surface area (Å²) in [6, 6.07) is 20.2. The van der Waals surface area contributed by atoms with Gasteiger partial charge in [-0.1, -0.05) is 81.4 Å². The number of likely N-dealkylation sites (N-methyl/N-ethyl adjacent to an activating group) is 1. The number of aliphatic imine (C=N–C) groups is 1. The van der Waals surface area contributed by atoms with E-state index in [1.165, 1.54) is 0 Å². The fraction of sp³-hybridized carbons (Fsp3) is 0.391. The molecule has 0 saturated heterocycles. The van der Waals surface area contributed by atoms with E-state index < -0.39 is 5.54 Å². The molecule has 2 aromatic rings. The van der Waals surface area contributed by atoms with E-state index in [0.717, 1.165) is 16.8 Å². The van der Waals surface area contributed by atoms with Crippen LogP contribution in [0.1, 0.15) is 45.2 Å². The van der Waals surface area contributed by atoms with Gasteiger partial charge in [0, 0.05) is 25.2 Å². The number of hydrogen-bond acceptors (Lipinski definition) is 2. The number of carbonyl (C=O) groups is 1. The van der Waals surface area contributed by atoms with Crippen LogP contribution in [0, 0.1) is 5.41 Å². The highest BCUT2D eigenvalue weighted by Gasteiger charge is 2.38. The van der Waals surface area contributed by atoms with Crippen LogP contribution >= 0.6 is 0 Å². The maximum Gasteiger partial charge on any atom is 0.249 e. The van der Waals surface area contributed by atoms with Gasteiger partial charge in [-0.05, 0) is 18.8 Å². The third-order valence-corrected chi connectivity index (χ3v) is 4.19. The van der Waals surface area contributed by atoms with Crippen LogP contribution in [0.3, 0.4) is 0 Å². The molecule has 0 spiro atoms. The summed E-state index contributed by atoms with van der Waals surface area (Å²) in [7, 11) is 3.59. The summed E-state index contributed by atoms with van der Waals surface area (Å²) >= 11 is 0. The fourth-order valence-electron chi connectivity index (χ4n) is 3.41. The van der Waals surface area contributed by atoms with Crippen molar-refractivity contribution in [1.82, 2.24) is 4.90 Å². The largest absolute Gasteiger partial charge is 0.347 e. The Balaban J connectivity index is 2.65. The number of benzene rings is 2. The Bertz CT molecular complexity index is 716. The Kier molecular flexibility index (Phi) is 6.01. The lowest BCUT2D eigenvalue weighted by molar-refractivity contribution is -0.134. The summed E-state index contributed by atoms with van der Waals surface area (Å²) in [6.45, 7) is 8.39. The Labute approximate surface area is 157 Å². The summed E-state index contributed by atoms with van der Waals surface area (Å²) in [4.78, 5) is 19.8. The van der Waals surface area contributed by atoms with Crippen molar-refractivity contribution in [2.45, 2.75) is 39.7 Å². The van der Waals surface area contributed by atoms with E-state index in [1.807, 2.05) is 67.6 Å². The molecule has 1 atom stereocenters. The van der Waals surface area contributed by atoms with E-state index in [-0.39, 0.29) is 11.3 Å². The monoisotopic (exact) mass is 350 g/mol. The first-order chi connectivity index (χ1) is 12.1. The molecule has 0 bridgehead atoms. The predicted molar refractivity (Wildman–Crippen MR) is 110 cm³/mol. The minimum absolute atomic E-state index is 0.0248. The van der Waals surface area contributed by atoms with E-state index in [4.69, 9.17) is 4.99 Å². The Hall–Kier alpha value is -2.42. The van der Waals surface area contributed by atoms with Gasteiger partial charge in [0.05, 0.1) is 5.71 Å². The van der Waals surface area contributed by atoms with Gasteiger partial charge in [-0.3, -0.25) is 9.79 Å². The summed E-state index contributed by atoms with van der Waals surface area (Å²) in [5.74, 6) is 0.0248. The van der Waals surface area contributed by atoms with Crippen LogP contribution < -0.4 is 0 Å². The maximum absolute atomic E-state index is 13.1. The van der Waals surface area contributed by atoms with Crippen LogP contribution in [0.25, 0.3) is 0 Å². The van der Waals surface area contributed by atoms with E-state index >= 15 is 0 Å². The molecule has 2 rings (SSSR count). The zero-order chi connectivity index (χ0) is 19.4. The molecule has 0 aliphatic heterocycles. The quantitative estimate of drug-likeness (QED) is 0.713. The van der Waals surface area contributed by atoms with Crippen LogP contribution in [-0.2, 0) is 4.79 Å². The highest BCUT2D eigenvalue weighted by Crippen LogP contribution is 2.32. The molecule has 0 radical (unpaired) electrons. The summed E-state index contributed by atoms with van der Waals surface area (Å²) in [6.07, 6.45) is 0.667. The van der Waals surface area contributed by atoms with E-state index in [1.54, 1.807) is 19.0 Å². The van der Waals surface area contributed by atoms with E-state index in [2.05, 4.69) is 20.8 Å². The molecule has 3 heteroatoms. The minimum Gasteiger partial charge on any atom is -0.347 e. The SMILES string of the molecule is CN(C)C(=O)C(C)(CC(C)(C)C)N=C(c1ccccc1)c1ccccc1. The van der Waals surface area contributed by atoms with Crippen molar-refractivity contribution in [2.24, 2.45) is 10.4 Å². The van der Waals surface area contributed by atoms with Crippen molar-refractivity contribution in [3.05, 3.63) is 71.8 Å². The Morgan fingerprint density at radius 3 is 1.62 bits per heavy atom. The molecular formula is C23H30N2O. The van der Waals surface area contributed by atoms with Crippen molar-refractivity contribution >= 4 is 11.6 Å². The van der Waals surface area contributed by atoms with Gasteiger partial charge in [0.1, 0.15) is 5.54 Å². The molecule has 26 heavy (non-hydrogen) atoms. The molecule has 0 fully saturated rings. The number of rotatable bonds is 5. The third kappa shape index (κ3) is 5.04. The lowest BCUT2D eigenvalue weighted by Gasteiger charge is -2.34. The number of carbonyl (C=O) groups excluding carboxylic acids is 1. The summed E-state index contributed by atoms with van der Waals surface area (Å²) in [5, 5.41) is 0. The first-order valence-electron chi connectivity index (χ1n) is 9.05. The first kappa shape index (κ1) is 19.9. The van der Waals surface area contributed by atoms with Crippen LogP contribution in [0.5, 0.6) is 0 Å². The standard InChI is InChI=1S/C23H30N2O/c1-22(2,3)17-23(4,21(26)25(5)6)24-20(18-13-9-7-10-14-18)19-15-11-8-12-16-19/h7-16H,17H2,1-6H3. The average Bonchev–Trinajstić information content (AvgIpc) is 2.59. The Morgan fingerprint density at radius 1 is 0.846 bits per heavy atom. The zero-order valence-corrected chi connectivity index (χ0v) is 16.8. The number of amides is 1. The minimum atomic E-state index is -0.831. The van der Waals surface area contributed by atoms with Gasteiger partial charge in [0.15, 0.2) is 0 Å². The molecule has 0 aliphatic rings. The third-order valence-electron chi connectivity index (χ3n) is 4.19. The molecule has 0 heterocycles. The maximum atomic E-state index is 13.1. The molecule has 0 saturated carbocycles. The zero-order valence-electron chi connectivity index (χ0n) is 16.8. The van der Waals surface area contributed by atoms with E-state index in [0.29, 0.717) is 6.42 Å². The average molecular weight is 351 g/mol. The van der Waals surface area contributed by atoms with E-state index in [9.17, 15) is 4.79 Å². The topological polar surface area (TPSA) is 32.7 Å². The van der Waals surface area contributed by atoms with Gasteiger partial charge in [-0.2, -0.15) is 0 Å². The molecule has 0 aromatic heterocycles. The second kappa shape index (κ2) is 7.86. The fourth-order valence-corrected chi connectivity index (χ4v) is 3.41. The van der Waals surface area contributed by atoms with Gasteiger partial charge in [0.2, 0.25) is 5.91 Å². The van der Waals surface area contributed by atoms with Crippen LogP contribution in [0.15, 0.2) is 65.7 Å². The van der Waals surface area contributed by atoms with Crippen LogP contribution in [0.4, 0.5) is 0 Å². The first-order valence-corrected chi connectivity index (χ1v) is 9.05. The van der Waals surface area contributed by atoms with Crippen LogP contribution in [0.2, 0.25) is 0 Å². The number of nitrogens with zero attached hydrogens (tertiary/aromatic N) is 2. The molecule has 2 aromatic carbocycles. The summed E-state index contributed by atoms with van der Waals surface area (Å²) in [5.41, 5.74) is 2.04. The van der Waals surface area contributed by atoms with Gasteiger partial charge < -0.3 is 4.90 Å². The highest BCUT2D eigenvalue weighted by molar-refractivity contribution is 6.14. The molecule has 1 amide bonds. The van der Waals surface area contributed by atoms with Crippen molar-refractivity contribution < 1.29 is 4.79 Å². The van der Waals surface area contributed by atoms with Crippen molar-refractivity contribution in [3.8, 4) is 0 Å². The van der Waals surface area contributed by atoms with Crippen LogP contribution in [-0.4, -0.2) is 36.2 Å². The molecule has 0 aliphatic carbocycles. The smallest absolute Gasteiger partial charge is 0.249 e. The van der Waals surface area contributed by atoms with Gasteiger partial charge >= 0.3 is 0 Å². The van der Waals surface area contributed by atoms with Crippen molar-refractivity contribution in [3.63, 3.8) is 0 Å².